The van der Waals surface area contributed by atoms with Crippen LogP contribution in [0.1, 0.15) is 25.6 Å². The Labute approximate surface area is 83.7 Å². The van der Waals surface area contributed by atoms with E-state index >= 15 is 0 Å². The molecule has 0 radical (unpaired) electrons. The summed E-state index contributed by atoms with van der Waals surface area (Å²) in [5.74, 6) is 2.51. The zero-order valence-corrected chi connectivity index (χ0v) is 8.59. The molecule has 1 N–H and O–H groups in total. The first-order chi connectivity index (χ1) is 6.27. The van der Waals surface area contributed by atoms with Crippen molar-refractivity contribution in [3.8, 4) is 0 Å². The highest BCUT2D eigenvalue weighted by molar-refractivity contribution is 6.20. The summed E-state index contributed by atoms with van der Waals surface area (Å²) in [6.07, 6.45) is 7.22. The number of rotatable bonds is 4. The molecule has 2 atom stereocenters. The molecule has 1 saturated carbocycles. The average Bonchev–Trinajstić information content (AvgIpc) is 2.85. The van der Waals surface area contributed by atoms with Crippen LogP contribution in [0.25, 0.3) is 0 Å². The van der Waals surface area contributed by atoms with Crippen molar-refractivity contribution in [2.24, 2.45) is 11.8 Å². The summed E-state index contributed by atoms with van der Waals surface area (Å²) in [7, 11) is 0. The number of H-pyrrole nitrogens is 1. The number of aromatic amines is 1. The van der Waals surface area contributed by atoms with Gasteiger partial charge in [-0.2, -0.15) is 0 Å². The van der Waals surface area contributed by atoms with Crippen molar-refractivity contribution in [2.45, 2.75) is 31.6 Å². The van der Waals surface area contributed by atoms with Crippen molar-refractivity contribution in [2.75, 3.05) is 0 Å². The van der Waals surface area contributed by atoms with Gasteiger partial charge < -0.3 is 4.98 Å². The molecule has 72 valence electrons. The molecule has 1 fully saturated rings. The first kappa shape index (κ1) is 9.07. The molecule has 0 amide bonds. The molecular weight excluding hydrogens is 184 g/mol. The minimum atomic E-state index is 0.235. The zero-order chi connectivity index (χ0) is 9.26. The van der Waals surface area contributed by atoms with Crippen LogP contribution in [0, 0.1) is 11.8 Å². The highest BCUT2D eigenvalue weighted by Crippen LogP contribution is 2.40. The summed E-state index contributed by atoms with van der Waals surface area (Å²) in [6, 6.07) is 0. The predicted octanol–water partition coefficient (Wildman–Crippen LogP) is 2.61. The molecule has 0 bridgehead atoms. The molecule has 1 aromatic heterocycles. The van der Waals surface area contributed by atoms with Gasteiger partial charge in [-0.1, -0.05) is 6.92 Å². The van der Waals surface area contributed by atoms with Crippen LogP contribution in [0.2, 0.25) is 0 Å². The monoisotopic (exact) mass is 198 g/mol. The molecule has 0 saturated heterocycles. The van der Waals surface area contributed by atoms with E-state index in [1.165, 1.54) is 12.8 Å². The molecule has 2 nitrogen and oxygen atoms in total. The molecule has 2 rings (SSSR count). The predicted molar refractivity (Wildman–Crippen MR) is 53.8 cm³/mol. The number of halogens is 1. The van der Waals surface area contributed by atoms with Gasteiger partial charge >= 0.3 is 0 Å². The molecule has 0 spiro atoms. The summed E-state index contributed by atoms with van der Waals surface area (Å²) in [6.45, 7) is 2.25. The van der Waals surface area contributed by atoms with E-state index in [4.69, 9.17) is 11.6 Å². The fourth-order valence-electron chi connectivity index (χ4n) is 1.70. The molecule has 2 unspecified atom stereocenters. The second-order valence-corrected chi connectivity index (χ2v) is 4.51. The Hall–Kier alpha value is -0.500. The minimum absolute atomic E-state index is 0.235. The standard InChI is InChI=1S/C10H15ClN2/c1-7(8-2-3-8)9(11)6-10-12-4-5-13-10/h4-5,7-9H,2-3,6H2,1H3,(H,12,13). The molecular formula is C10H15ClN2. The third-order valence-corrected chi connectivity index (χ3v) is 3.43. The van der Waals surface area contributed by atoms with Crippen LogP contribution < -0.4 is 0 Å². The van der Waals surface area contributed by atoms with Crippen LogP contribution in [-0.4, -0.2) is 15.3 Å². The van der Waals surface area contributed by atoms with Crippen LogP contribution in [0.15, 0.2) is 12.4 Å². The van der Waals surface area contributed by atoms with E-state index < -0.39 is 0 Å². The van der Waals surface area contributed by atoms with Crippen LogP contribution in [0.4, 0.5) is 0 Å². The maximum absolute atomic E-state index is 6.30. The summed E-state index contributed by atoms with van der Waals surface area (Å²) < 4.78 is 0. The third kappa shape index (κ3) is 2.25. The van der Waals surface area contributed by atoms with Crippen LogP contribution in [0.3, 0.4) is 0 Å². The summed E-state index contributed by atoms with van der Waals surface area (Å²) in [5, 5.41) is 0.235. The average molecular weight is 199 g/mol. The Morgan fingerprint density at radius 2 is 2.46 bits per heavy atom. The maximum atomic E-state index is 6.30. The lowest BCUT2D eigenvalue weighted by Crippen LogP contribution is -2.16. The van der Waals surface area contributed by atoms with E-state index in [1.54, 1.807) is 6.20 Å². The fraction of sp³-hybridized carbons (Fsp3) is 0.700. The minimum Gasteiger partial charge on any atom is -0.349 e. The van der Waals surface area contributed by atoms with Gasteiger partial charge in [0.15, 0.2) is 0 Å². The van der Waals surface area contributed by atoms with Gasteiger partial charge in [-0.05, 0) is 24.7 Å². The van der Waals surface area contributed by atoms with E-state index in [1.807, 2.05) is 6.20 Å². The number of hydrogen-bond donors (Lipinski definition) is 1. The van der Waals surface area contributed by atoms with Crippen LogP contribution in [-0.2, 0) is 6.42 Å². The number of alkyl halides is 1. The Kier molecular flexibility index (Phi) is 2.58. The lowest BCUT2D eigenvalue weighted by atomic mass is 9.99. The number of nitrogens with one attached hydrogen (secondary N) is 1. The smallest absolute Gasteiger partial charge is 0.107 e. The van der Waals surface area contributed by atoms with E-state index in [0.29, 0.717) is 5.92 Å². The van der Waals surface area contributed by atoms with Crippen molar-refractivity contribution >= 4 is 11.6 Å². The Morgan fingerprint density at radius 1 is 1.69 bits per heavy atom. The largest absolute Gasteiger partial charge is 0.349 e. The Balaban J connectivity index is 1.86. The highest BCUT2D eigenvalue weighted by Gasteiger charge is 2.32. The lowest BCUT2D eigenvalue weighted by molar-refractivity contribution is 0.473. The summed E-state index contributed by atoms with van der Waals surface area (Å²) >= 11 is 6.30. The van der Waals surface area contributed by atoms with Crippen molar-refractivity contribution in [3.63, 3.8) is 0 Å². The van der Waals surface area contributed by atoms with E-state index in [9.17, 15) is 0 Å². The van der Waals surface area contributed by atoms with Crippen molar-refractivity contribution in [1.82, 2.24) is 9.97 Å². The first-order valence-corrected chi connectivity index (χ1v) is 5.33. The first-order valence-electron chi connectivity index (χ1n) is 4.89. The molecule has 0 aliphatic heterocycles. The summed E-state index contributed by atoms with van der Waals surface area (Å²) in [5.41, 5.74) is 0. The van der Waals surface area contributed by atoms with Crippen molar-refractivity contribution in [3.05, 3.63) is 18.2 Å². The van der Waals surface area contributed by atoms with Crippen LogP contribution in [0.5, 0.6) is 0 Å². The molecule has 3 heteroatoms. The number of nitrogens with zero attached hydrogens (tertiary/aromatic N) is 1. The van der Waals surface area contributed by atoms with Crippen molar-refractivity contribution in [1.29, 1.82) is 0 Å². The highest BCUT2D eigenvalue weighted by atomic mass is 35.5. The van der Waals surface area contributed by atoms with Gasteiger partial charge in [0.2, 0.25) is 0 Å². The van der Waals surface area contributed by atoms with Gasteiger partial charge in [0.05, 0.1) is 0 Å². The number of aromatic nitrogens is 2. The Bertz CT molecular complexity index is 254. The lowest BCUT2D eigenvalue weighted by Gasteiger charge is -2.15. The third-order valence-electron chi connectivity index (χ3n) is 2.88. The van der Waals surface area contributed by atoms with Gasteiger partial charge in [-0.3, -0.25) is 0 Å². The quantitative estimate of drug-likeness (QED) is 0.741. The second-order valence-electron chi connectivity index (χ2n) is 3.95. The van der Waals surface area contributed by atoms with Gasteiger partial charge in [0, 0.05) is 24.2 Å². The van der Waals surface area contributed by atoms with Gasteiger partial charge in [-0.15, -0.1) is 11.6 Å². The Morgan fingerprint density at radius 3 is 3.00 bits per heavy atom. The molecule has 0 aromatic carbocycles. The molecule has 1 aliphatic rings. The van der Waals surface area contributed by atoms with Gasteiger partial charge in [0.1, 0.15) is 5.82 Å². The van der Waals surface area contributed by atoms with Gasteiger partial charge in [0.25, 0.3) is 0 Å². The summed E-state index contributed by atoms with van der Waals surface area (Å²) in [4.78, 5) is 7.27. The number of hydrogen-bond acceptors (Lipinski definition) is 1. The molecule has 1 heterocycles. The molecule has 1 aliphatic carbocycles. The van der Waals surface area contributed by atoms with Crippen LogP contribution >= 0.6 is 11.6 Å². The maximum Gasteiger partial charge on any atom is 0.107 e. The van der Waals surface area contributed by atoms with Gasteiger partial charge in [-0.25, -0.2) is 4.98 Å². The topological polar surface area (TPSA) is 28.7 Å². The normalized spacial score (nSPS) is 21.4. The SMILES string of the molecule is CC(C(Cl)Cc1ncc[nH]1)C1CC1. The fourth-order valence-corrected chi connectivity index (χ4v) is 2.05. The zero-order valence-electron chi connectivity index (χ0n) is 7.83. The molecule has 1 aromatic rings. The van der Waals surface area contributed by atoms with E-state index in [2.05, 4.69) is 16.9 Å². The number of imidazole rings is 1. The van der Waals surface area contributed by atoms with E-state index in [-0.39, 0.29) is 5.38 Å². The second kappa shape index (κ2) is 3.70. The molecule has 13 heavy (non-hydrogen) atoms. The van der Waals surface area contributed by atoms with Crippen molar-refractivity contribution < 1.29 is 0 Å². The van der Waals surface area contributed by atoms with E-state index in [0.717, 1.165) is 18.2 Å².